The molecule has 0 aliphatic carbocycles. The number of carboxylic acid groups (broad SMARTS) is 1. The van der Waals surface area contributed by atoms with Crippen LogP contribution in [-0.2, 0) is 14.3 Å². The number of rotatable bonds is 4. The van der Waals surface area contributed by atoms with Crippen LogP contribution in [-0.4, -0.2) is 25.1 Å². The van der Waals surface area contributed by atoms with Gasteiger partial charge in [-0.05, 0) is 19.1 Å². The molecule has 5 nitrogen and oxygen atoms in total. The zero-order valence-corrected chi connectivity index (χ0v) is 13.6. The molecule has 0 saturated carbocycles. The van der Waals surface area contributed by atoms with Crippen LogP contribution in [0.15, 0.2) is 41.6 Å². The summed E-state index contributed by atoms with van der Waals surface area (Å²) in [6.07, 6.45) is 0.501. The third-order valence-corrected chi connectivity index (χ3v) is 3.03. The molecule has 1 saturated heterocycles. The maximum absolute atomic E-state index is 11.6. The predicted octanol–water partition coefficient (Wildman–Crippen LogP) is -2.53. The third kappa shape index (κ3) is 3.85. The van der Waals surface area contributed by atoms with Gasteiger partial charge in [0.15, 0.2) is 0 Å². The van der Waals surface area contributed by atoms with Crippen LogP contribution in [0.3, 0.4) is 0 Å². The van der Waals surface area contributed by atoms with Crippen LogP contribution in [0.2, 0.25) is 0 Å². The fourth-order valence-electron chi connectivity index (χ4n) is 2.07. The average Bonchev–Trinajstić information content (AvgIpc) is 2.82. The van der Waals surface area contributed by atoms with Crippen molar-refractivity contribution in [3.63, 3.8) is 0 Å². The summed E-state index contributed by atoms with van der Waals surface area (Å²) in [6.45, 7) is 1.77. The molecular weight excluding hydrogens is 269 g/mol. The summed E-state index contributed by atoms with van der Waals surface area (Å²) in [4.78, 5) is 24.0. The number of carbonyl (C=O) groups excluding carboxylic acids is 2. The molecule has 0 spiro atoms. The summed E-state index contributed by atoms with van der Waals surface area (Å²) < 4.78 is 4.89. The summed E-state index contributed by atoms with van der Waals surface area (Å²) >= 11 is 0. The third-order valence-electron chi connectivity index (χ3n) is 3.03. The van der Waals surface area contributed by atoms with E-state index in [1.807, 2.05) is 18.2 Å². The Labute approximate surface area is 139 Å². The minimum atomic E-state index is -1.20. The van der Waals surface area contributed by atoms with Crippen molar-refractivity contribution in [2.45, 2.75) is 13.3 Å². The van der Waals surface area contributed by atoms with Gasteiger partial charge in [-0.25, -0.2) is 4.79 Å². The molecule has 1 aromatic rings. The predicted molar refractivity (Wildman–Crippen MR) is 67.1 cm³/mol. The normalized spacial score (nSPS) is 16.1. The molecule has 2 rings (SSSR count). The van der Waals surface area contributed by atoms with Crippen molar-refractivity contribution in [1.82, 2.24) is 0 Å². The molecule has 1 aliphatic heterocycles. The van der Waals surface area contributed by atoms with Crippen LogP contribution >= 0.6 is 0 Å². The van der Waals surface area contributed by atoms with Crippen LogP contribution < -0.4 is 39.6 Å². The van der Waals surface area contributed by atoms with Crippen molar-refractivity contribution in [3.8, 4) is 0 Å². The van der Waals surface area contributed by atoms with Crippen LogP contribution in [0.1, 0.15) is 13.3 Å². The summed E-state index contributed by atoms with van der Waals surface area (Å²) in [7, 11) is 0. The van der Waals surface area contributed by atoms with Gasteiger partial charge in [0.2, 0.25) is 0 Å². The summed E-state index contributed by atoms with van der Waals surface area (Å²) in [5, 5.41) is 10.9. The van der Waals surface area contributed by atoms with Gasteiger partial charge in [0.25, 0.3) is 0 Å². The molecule has 0 bridgehead atoms. The number of para-hydroxylation sites is 1. The second kappa shape index (κ2) is 7.47. The topological polar surface area (TPSA) is 69.7 Å². The first-order valence-electron chi connectivity index (χ1n) is 5.99. The molecule has 0 unspecified atom stereocenters. The monoisotopic (exact) mass is 283 g/mol. The Kier molecular flexibility index (Phi) is 6.26. The first-order valence-corrected chi connectivity index (χ1v) is 5.99. The zero-order chi connectivity index (χ0) is 13.8. The van der Waals surface area contributed by atoms with E-state index in [4.69, 9.17) is 4.74 Å². The Morgan fingerprint density at radius 3 is 2.50 bits per heavy atom. The molecule has 0 aromatic heterocycles. The molecule has 1 fully saturated rings. The van der Waals surface area contributed by atoms with Crippen molar-refractivity contribution in [3.05, 3.63) is 41.6 Å². The first kappa shape index (κ1) is 16.8. The molecule has 1 aliphatic rings. The standard InChI is InChI=1S/C14H15NO4.Na/c1-10(12-7-8-19-14(12)18)15(9-13(16)17)11-5-3-2-4-6-11;/h2-6H,7-9H2,1H3,(H,16,17);/q;+1/p-1. The Morgan fingerprint density at radius 1 is 1.35 bits per heavy atom. The van der Waals surface area contributed by atoms with E-state index in [0.29, 0.717) is 30.0 Å². The van der Waals surface area contributed by atoms with Crippen molar-refractivity contribution in [1.29, 1.82) is 0 Å². The number of benzene rings is 1. The van der Waals surface area contributed by atoms with Crippen LogP contribution in [0.4, 0.5) is 5.69 Å². The van der Waals surface area contributed by atoms with E-state index in [1.54, 1.807) is 24.0 Å². The van der Waals surface area contributed by atoms with Crippen molar-refractivity contribution in [2.75, 3.05) is 18.1 Å². The van der Waals surface area contributed by atoms with Crippen molar-refractivity contribution in [2.24, 2.45) is 0 Å². The van der Waals surface area contributed by atoms with Gasteiger partial charge in [0.1, 0.15) is 0 Å². The number of anilines is 1. The number of allylic oxidation sites excluding steroid dienone is 1. The zero-order valence-electron chi connectivity index (χ0n) is 11.6. The Hall–Kier alpha value is -1.30. The van der Waals surface area contributed by atoms with E-state index in [1.165, 1.54) is 0 Å². The van der Waals surface area contributed by atoms with E-state index in [0.717, 1.165) is 0 Å². The molecule has 20 heavy (non-hydrogen) atoms. The molecule has 0 atom stereocenters. The Balaban J connectivity index is 0.00000200. The van der Waals surface area contributed by atoms with E-state index in [9.17, 15) is 14.7 Å². The maximum Gasteiger partial charge on any atom is 1.00 e. The van der Waals surface area contributed by atoms with Gasteiger partial charge >= 0.3 is 35.5 Å². The molecule has 0 radical (unpaired) electrons. The Morgan fingerprint density at radius 2 is 2.00 bits per heavy atom. The SMILES string of the molecule is CC(=C1CCOC1=O)N(CC(=O)[O-])c1ccccc1.[Na+]. The molecule has 6 heteroatoms. The summed E-state index contributed by atoms with van der Waals surface area (Å²) in [5.74, 6) is -1.58. The quantitative estimate of drug-likeness (QED) is 0.346. The average molecular weight is 283 g/mol. The minimum absolute atomic E-state index is 0. The van der Waals surface area contributed by atoms with Gasteiger partial charge in [-0.2, -0.15) is 0 Å². The molecule has 1 aromatic carbocycles. The second-order valence-corrected chi connectivity index (χ2v) is 4.24. The van der Waals surface area contributed by atoms with Gasteiger partial charge in [-0.1, -0.05) is 18.2 Å². The largest absolute Gasteiger partial charge is 1.00 e. The molecule has 0 amide bonds. The van der Waals surface area contributed by atoms with Gasteiger partial charge in [0.05, 0.1) is 24.7 Å². The molecule has 100 valence electrons. The maximum atomic E-state index is 11.6. The molecular formula is C14H14NNaO4. The number of hydrogen-bond donors (Lipinski definition) is 0. The van der Waals surface area contributed by atoms with E-state index >= 15 is 0 Å². The number of cyclic esters (lactones) is 1. The number of esters is 1. The number of carboxylic acids is 1. The number of hydrogen-bond acceptors (Lipinski definition) is 5. The smallest absolute Gasteiger partial charge is 0.548 e. The number of ether oxygens (including phenoxy) is 1. The van der Waals surface area contributed by atoms with E-state index < -0.39 is 5.97 Å². The van der Waals surface area contributed by atoms with E-state index in [-0.39, 0.29) is 42.1 Å². The van der Waals surface area contributed by atoms with Crippen LogP contribution in [0.25, 0.3) is 0 Å². The van der Waals surface area contributed by atoms with Gasteiger partial charge in [-0.3, -0.25) is 0 Å². The van der Waals surface area contributed by atoms with Crippen LogP contribution in [0.5, 0.6) is 0 Å². The summed E-state index contributed by atoms with van der Waals surface area (Å²) in [6, 6.07) is 9.03. The second-order valence-electron chi connectivity index (χ2n) is 4.24. The number of nitrogens with zero attached hydrogens (tertiary/aromatic N) is 1. The summed E-state index contributed by atoms with van der Waals surface area (Å²) in [5.41, 5.74) is 1.82. The first-order chi connectivity index (χ1) is 9.09. The number of aliphatic carboxylic acids is 1. The molecule has 0 N–H and O–H groups in total. The van der Waals surface area contributed by atoms with Gasteiger partial charge in [0, 0.05) is 17.8 Å². The molecule has 1 heterocycles. The van der Waals surface area contributed by atoms with Crippen molar-refractivity contribution < 1.29 is 49.0 Å². The fraction of sp³-hybridized carbons (Fsp3) is 0.286. The van der Waals surface area contributed by atoms with Crippen molar-refractivity contribution >= 4 is 17.6 Å². The van der Waals surface area contributed by atoms with Gasteiger partial charge < -0.3 is 19.5 Å². The van der Waals surface area contributed by atoms with Crippen LogP contribution in [0, 0.1) is 0 Å². The Bertz CT molecular complexity index is 527. The van der Waals surface area contributed by atoms with Gasteiger partial charge in [-0.15, -0.1) is 0 Å². The number of carbonyl (C=O) groups is 2. The fourth-order valence-corrected chi connectivity index (χ4v) is 2.07. The van der Waals surface area contributed by atoms with E-state index in [2.05, 4.69) is 0 Å². The minimum Gasteiger partial charge on any atom is -0.548 e.